The van der Waals surface area contributed by atoms with E-state index < -0.39 is 16.2 Å². The summed E-state index contributed by atoms with van der Waals surface area (Å²) in [5, 5.41) is 4.98. The van der Waals surface area contributed by atoms with Crippen molar-refractivity contribution in [3.05, 3.63) is 17.0 Å². The SMILES string of the molecule is CCOC(=O)c1ccsc1NC(=O)CN1CCN(S(=O)(=O)N(C)C2CCCCC2)CC1. The summed E-state index contributed by atoms with van der Waals surface area (Å²) in [7, 11) is -1.80. The Morgan fingerprint density at radius 1 is 1.19 bits per heavy atom. The molecular weight excluding hydrogens is 440 g/mol. The van der Waals surface area contributed by atoms with Gasteiger partial charge in [0.05, 0.1) is 18.7 Å². The van der Waals surface area contributed by atoms with Gasteiger partial charge in [0.15, 0.2) is 0 Å². The highest BCUT2D eigenvalue weighted by Gasteiger charge is 2.34. The molecular formula is C20H32N4O5S2. The van der Waals surface area contributed by atoms with Gasteiger partial charge < -0.3 is 10.1 Å². The maximum Gasteiger partial charge on any atom is 0.341 e. The Bertz CT molecular complexity index is 859. The number of esters is 1. The van der Waals surface area contributed by atoms with Crippen LogP contribution in [0.3, 0.4) is 0 Å². The molecule has 0 atom stereocenters. The van der Waals surface area contributed by atoms with Crippen LogP contribution >= 0.6 is 11.3 Å². The van der Waals surface area contributed by atoms with E-state index in [2.05, 4.69) is 5.32 Å². The van der Waals surface area contributed by atoms with Gasteiger partial charge in [-0.15, -0.1) is 11.3 Å². The van der Waals surface area contributed by atoms with Gasteiger partial charge in [-0.2, -0.15) is 17.0 Å². The number of nitrogens with one attached hydrogen (secondary N) is 1. The standard InChI is InChI=1S/C20H32N4O5S2/c1-3-29-20(26)17-9-14-30-19(17)21-18(25)15-23-10-12-24(13-11-23)31(27,28)22(2)16-7-5-4-6-8-16/h9,14,16H,3-8,10-13,15H2,1-2H3,(H,21,25). The van der Waals surface area contributed by atoms with Crippen molar-refractivity contribution in [1.29, 1.82) is 0 Å². The Hall–Kier alpha value is -1.53. The van der Waals surface area contributed by atoms with E-state index in [1.165, 1.54) is 22.1 Å². The van der Waals surface area contributed by atoms with Crippen molar-refractivity contribution in [3.63, 3.8) is 0 Å². The predicted octanol–water partition coefficient (Wildman–Crippen LogP) is 1.99. The molecule has 1 aliphatic carbocycles. The highest BCUT2D eigenvalue weighted by molar-refractivity contribution is 7.86. The third kappa shape index (κ3) is 6.04. The second-order valence-corrected chi connectivity index (χ2v) is 10.8. The highest BCUT2D eigenvalue weighted by atomic mass is 32.2. The summed E-state index contributed by atoms with van der Waals surface area (Å²) < 4.78 is 34.1. The Kier molecular flexibility index (Phi) is 8.45. The zero-order valence-corrected chi connectivity index (χ0v) is 19.8. The van der Waals surface area contributed by atoms with Crippen LogP contribution in [-0.2, 0) is 19.7 Å². The molecule has 2 aliphatic rings. The number of anilines is 1. The van der Waals surface area contributed by atoms with Gasteiger partial charge in [0.25, 0.3) is 10.2 Å². The molecule has 2 heterocycles. The van der Waals surface area contributed by atoms with Crippen molar-refractivity contribution < 1.29 is 22.7 Å². The van der Waals surface area contributed by atoms with Crippen LogP contribution in [0.25, 0.3) is 0 Å². The molecule has 0 bridgehead atoms. The van der Waals surface area contributed by atoms with Crippen LogP contribution in [-0.4, -0.2) is 86.2 Å². The zero-order valence-electron chi connectivity index (χ0n) is 18.2. The van der Waals surface area contributed by atoms with Gasteiger partial charge in [-0.3, -0.25) is 9.69 Å². The van der Waals surface area contributed by atoms with Gasteiger partial charge in [0.1, 0.15) is 5.00 Å². The Morgan fingerprint density at radius 3 is 2.52 bits per heavy atom. The molecule has 2 fully saturated rings. The first-order chi connectivity index (χ1) is 14.8. The van der Waals surface area contributed by atoms with E-state index in [0.717, 1.165) is 25.7 Å². The van der Waals surface area contributed by atoms with E-state index in [1.807, 2.05) is 4.90 Å². The number of carbonyl (C=O) groups excluding carboxylic acids is 2. The quantitative estimate of drug-likeness (QED) is 0.581. The third-order valence-electron chi connectivity index (χ3n) is 5.89. The molecule has 1 saturated heterocycles. The van der Waals surface area contributed by atoms with Crippen LogP contribution in [0.5, 0.6) is 0 Å². The molecule has 0 spiro atoms. The molecule has 0 unspecified atom stereocenters. The fraction of sp³-hybridized carbons (Fsp3) is 0.700. The van der Waals surface area contributed by atoms with Gasteiger partial charge in [0.2, 0.25) is 5.91 Å². The van der Waals surface area contributed by atoms with Crippen molar-refractivity contribution in [2.75, 3.05) is 51.7 Å². The molecule has 9 nitrogen and oxygen atoms in total. The lowest BCUT2D eigenvalue weighted by molar-refractivity contribution is -0.117. The first-order valence-electron chi connectivity index (χ1n) is 10.8. The molecule has 1 amide bonds. The first-order valence-corrected chi connectivity index (χ1v) is 13.1. The van der Waals surface area contributed by atoms with Gasteiger partial charge in [-0.05, 0) is 31.2 Å². The largest absolute Gasteiger partial charge is 0.462 e. The van der Waals surface area contributed by atoms with E-state index in [1.54, 1.807) is 29.7 Å². The molecule has 0 aromatic carbocycles. The van der Waals surface area contributed by atoms with Crippen molar-refractivity contribution in [2.24, 2.45) is 0 Å². The summed E-state index contributed by atoms with van der Waals surface area (Å²) in [5.74, 6) is -0.691. The molecule has 1 saturated carbocycles. The molecule has 1 aromatic heterocycles. The lowest BCUT2D eigenvalue weighted by atomic mass is 9.96. The number of carbonyl (C=O) groups is 2. The average molecular weight is 473 g/mol. The lowest BCUT2D eigenvalue weighted by Crippen LogP contribution is -2.55. The molecule has 3 rings (SSSR count). The van der Waals surface area contributed by atoms with E-state index in [9.17, 15) is 18.0 Å². The zero-order chi connectivity index (χ0) is 22.4. The number of amides is 1. The number of hydrogen-bond donors (Lipinski definition) is 1. The first kappa shape index (κ1) is 24.1. The van der Waals surface area contributed by atoms with Crippen molar-refractivity contribution in [3.8, 4) is 0 Å². The average Bonchev–Trinajstić information content (AvgIpc) is 3.22. The summed E-state index contributed by atoms with van der Waals surface area (Å²) in [6, 6.07) is 1.71. The van der Waals surface area contributed by atoms with E-state index in [-0.39, 0.29) is 25.1 Å². The maximum absolute atomic E-state index is 13.0. The molecule has 174 valence electrons. The van der Waals surface area contributed by atoms with Crippen molar-refractivity contribution in [2.45, 2.75) is 45.1 Å². The second kappa shape index (κ2) is 10.9. The molecule has 1 aliphatic heterocycles. The molecule has 1 N–H and O–H groups in total. The summed E-state index contributed by atoms with van der Waals surface area (Å²) in [5.41, 5.74) is 0.349. The normalized spacial score (nSPS) is 19.5. The molecule has 31 heavy (non-hydrogen) atoms. The van der Waals surface area contributed by atoms with Crippen molar-refractivity contribution in [1.82, 2.24) is 13.5 Å². The van der Waals surface area contributed by atoms with Gasteiger partial charge in [0, 0.05) is 39.3 Å². The minimum absolute atomic E-state index is 0.0851. The van der Waals surface area contributed by atoms with E-state index >= 15 is 0 Å². The van der Waals surface area contributed by atoms with Gasteiger partial charge in [-0.25, -0.2) is 4.79 Å². The van der Waals surface area contributed by atoms with Crippen molar-refractivity contribution >= 4 is 38.4 Å². The number of nitrogens with zero attached hydrogens (tertiary/aromatic N) is 3. The predicted molar refractivity (Wildman–Crippen MR) is 120 cm³/mol. The smallest absolute Gasteiger partial charge is 0.341 e. The van der Waals surface area contributed by atoms with Gasteiger partial charge >= 0.3 is 5.97 Å². The summed E-state index contributed by atoms with van der Waals surface area (Å²) in [6.45, 7) is 3.84. The monoisotopic (exact) mass is 472 g/mol. The molecule has 0 radical (unpaired) electrons. The number of piperazine rings is 1. The topological polar surface area (TPSA) is 99.3 Å². The Labute approximate surface area is 188 Å². The van der Waals surface area contributed by atoms with Crippen LogP contribution < -0.4 is 5.32 Å². The molecule has 1 aromatic rings. The minimum atomic E-state index is -3.49. The lowest BCUT2D eigenvalue weighted by Gasteiger charge is -2.38. The summed E-state index contributed by atoms with van der Waals surface area (Å²) in [4.78, 5) is 26.4. The third-order valence-corrected chi connectivity index (χ3v) is 8.76. The number of rotatable bonds is 8. The second-order valence-electron chi connectivity index (χ2n) is 7.92. The number of thiophene rings is 1. The van der Waals surface area contributed by atoms with Crippen LogP contribution in [0.1, 0.15) is 49.4 Å². The highest BCUT2D eigenvalue weighted by Crippen LogP contribution is 2.26. The minimum Gasteiger partial charge on any atom is -0.462 e. The molecule has 11 heteroatoms. The van der Waals surface area contributed by atoms with E-state index in [4.69, 9.17) is 4.74 Å². The summed E-state index contributed by atoms with van der Waals surface area (Å²) >= 11 is 1.27. The fourth-order valence-electron chi connectivity index (χ4n) is 4.08. The number of hydrogen-bond acceptors (Lipinski definition) is 7. The Balaban J connectivity index is 1.49. The summed E-state index contributed by atoms with van der Waals surface area (Å²) in [6.07, 6.45) is 5.18. The van der Waals surface area contributed by atoms with Crippen LogP contribution in [0, 0.1) is 0 Å². The number of ether oxygens (including phenoxy) is 1. The van der Waals surface area contributed by atoms with E-state index in [0.29, 0.717) is 36.7 Å². The van der Waals surface area contributed by atoms with Crippen LogP contribution in [0.2, 0.25) is 0 Å². The van der Waals surface area contributed by atoms with Gasteiger partial charge in [-0.1, -0.05) is 19.3 Å². The van der Waals surface area contributed by atoms with Crippen LogP contribution in [0.4, 0.5) is 5.00 Å². The Morgan fingerprint density at radius 2 is 1.87 bits per heavy atom. The fourth-order valence-corrected chi connectivity index (χ4v) is 6.45. The maximum atomic E-state index is 13.0. The van der Waals surface area contributed by atoms with Crippen LogP contribution in [0.15, 0.2) is 11.4 Å².